The molecule has 0 aliphatic rings. The van der Waals surface area contributed by atoms with Gasteiger partial charge in [0, 0.05) is 17.8 Å². The van der Waals surface area contributed by atoms with E-state index in [9.17, 15) is 9.59 Å². The molecule has 1 aromatic heterocycles. The molecule has 1 unspecified atom stereocenters. The molecule has 1 atom stereocenters. The molecule has 2 aromatic rings. The van der Waals surface area contributed by atoms with E-state index in [-0.39, 0.29) is 29.2 Å². The number of carbonyl (C=O) groups is 2. The highest BCUT2D eigenvalue weighted by molar-refractivity contribution is 6.03. The number of aromatic nitrogens is 1. The van der Waals surface area contributed by atoms with Crippen molar-refractivity contribution in [3.05, 3.63) is 53.9 Å². The Kier molecular flexibility index (Phi) is 5.89. The Bertz CT molecular complexity index is 731. The molecule has 1 heterocycles. The molecule has 0 radical (unpaired) electrons. The molecule has 0 bridgehead atoms. The van der Waals surface area contributed by atoms with Crippen molar-refractivity contribution >= 4 is 17.5 Å². The van der Waals surface area contributed by atoms with Gasteiger partial charge in [0.1, 0.15) is 17.1 Å². The van der Waals surface area contributed by atoms with Gasteiger partial charge in [-0.3, -0.25) is 9.59 Å². The number of carbonyl (C=O) groups excluding carboxylic acids is 2. The lowest BCUT2D eigenvalue weighted by Crippen LogP contribution is -2.32. The molecule has 0 spiro atoms. The van der Waals surface area contributed by atoms with Crippen molar-refractivity contribution in [2.24, 2.45) is 0 Å². The Balaban J connectivity index is 2.12. The number of methoxy groups -OCH3 is 1. The van der Waals surface area contributed by atoms with Crippen LogP contribution in [0.3, 0.4) is 0 Å². The van der Waals surface area contributed by atoms with E-state index in [4.69, 9.17) is 4.74 Å². The van der Waals surface area contributed by atoms with Crippen LogP contribution in [0.5, 0.6) is 5.75 Å². The molecule has 2 amide bonds. The zero-order valence-electron chi connectivity index (χ0n) is 14.0. The molecule has 2 rings (SSSR count). The quantitative estimate of drug-likeness (QED) is 0.855. The Hall–Kier alpha value is -2.89. The lowest BCUT2D eigenvalue weighted by Gasteiger charge is -2.11. The van der Waals surface area contributed by atoms with Gasteiger partial charge in [0.25, 0.3) is 11.8 Å². The van der Waals surface area contributed by atoms with E-state index < -0.39 is 0 Å². The van der Waals surface area contributed by atoms with Crippen LogP contribution in [0.1, 0.15) is 41.2 Å². The lowest BCUT2D eigenvalue weighted by molar-refractivity contribution is 0.0934. The van der Waals surface area contributed by atoms with Crippen LogP contribution >= 0.6 is 0 Å². The maximum atomic E-state index is 12.3. The molecule has 0 saturated heterocycles. The van der Waals surface area contributed by atoms with Crippen LogP contribution in [-0.2, 0) is 0 Å². The van der Waals surface area contributed by atoms with Gasteiger partial charge in [0.15, 0.2) is 0 Å². The Labute approximate surface area is 141 Å². The first-order valence-electron chi connectivity index (χ1n) is 7.76. The van der Waals surface area contributed by atoms with Gasteiger partial charge in [-0.25, -0.2) is 4.98 Å². The summed E-state index contributed by atoms with van der Waals surface area (Å²) in [5.41, 5.74) is 0.985. The molecule has 6 heteroatoms. The third-order valence-electron chi connectivity index (χ3n) is 3.53. The largest absolute Gasteiger partial charge is 0.497 e. The van der Waals surface area contributed by atoms with Crippen molar-refractivity contribution < 1.29 is 14.3 Å². The second-order valence-electron chi connectivity index (χ2n) is 5.38. The molecule has 1 aromatic carbocycles. The molecule has 6 nitrogen and oxygen atoms in total. The molecule has 0 aliphatic heterocycles. The molecular formula is C18H21N3O3. The van der Waals surface area contributed by atoms with Gasteiger partial charge in [-0.1, -0.05) is 19.1 Å². The number of hydrogen-bond donors (Lipinski definition) is 2. The first-order chi connectivity index (χ1) is 11.5. The van der Waals surface area contributed by atoms with E-state index in [1.807, 2.05) is 13.8 Å². The summed E-state index contributed by atoms with van der Waals surface area (Å²) in [7, 11) is 1.56. The second-order valence-corrected chi connectivity index (χ2v) is 5.38. The van der Waals surface area contributed by atoms with E-state index >= 15 is 0 Å². The number of nitrogens with zero attached hydrogens (tertiary/aromatic N) is 1. The van der Waals surface area contributed by atoms with Crippen molar-refractivity contribution in [3.8, 4) is 5.75 Å². The first-order valence-corrected chi connectivity index (χ1v) is 7.76. The van der Waals surface area contributed by atoms with Crippen LogP contribution < -0.4 is 15.4 Å². The summed E-state index contributed by atoms with van der Waals surface area (Å²) in [6, 6.07) is 11.9. The monoisotopic (exact) mass is 327 g/mol. The summed E-state index contributed by atoms with van der Waals surface area (Å²) >= 11 is 0. The first kappa shape index (κ1) is 17.5. The van der Waals surface area contributed by atoms with Gasteiger partial charge < -0.3 is 15.4 Å². The summed E-state index contributed by atoms with van der Waals surface area (Å²) in [5.74, 6) is -0.0377. The van der Waals surface area contributed by atoms with E-state index in [0.29, 0.717) is 11.4 Å². The van der Waals surface area contributed by atoms with Crippen LogP contribution in [0.25, 0.3) is 0 Å². The van der Waals surface area contributed by atoms with Crippen LogP contribution in [0.15, 0.2) is 42.5 Å². The van der Waals surface area contributed by atoms with Crippen LogP contribution in [0.2, 0.25) is 0 Å². The summed E-state index contributed by atoms with van der Waals surface area (Å²) in [5, 5.41) is 5.56. The smallest absolute Gasteiger partial charge is 0.274 e. The summed E-state index contributed by atoms with van der Waals surface area (Å²) in [4.78, 5) is 28.6. The number of hydrogen-bond acceptors (Lipinski definition) is 4. The van der Waals surface area contributed by atoms with Crippen molar-refractivity contribution in [2.75, 3.05) is 12.4 Å². The molecule has 24 heavy (non-hydrogen) atoms. The van der Waals surface area contributed by atoms with Crippen molar-refractivity contribution in [1.82, 2.24) is 10.3 Å². The maximum absolute atomic E-state index is 12.3. The van der Waals surface area contributed by atoms with E-state index in [0.717, 1.165) is 6.42 Å². The van der Waals surface area contributed by atoms with Gasteiger partial charge in [-0.2, -0.15) is 0 Å². The van der Waals surface area contributed by atoms with Crippen molar-refractivity contribution in [3.63, 3.8) is 0 Å². The zero-order chi connectivity index (χ0) is 17.5. The third-order valence-corrected chi connectivity index (χ3v) is 3.53. The van der Waals surface area contributed by atoms with Gasteiger partial charge in [0.2, 0.25) is 0 Å². The molecule has 2 N–H and O–H groups in total. The molecular weight excluding hydrogens is 306 g/mol. The highest BCUT2D eigenvalue weighted by Crippen LogP contribution is 2.17. The Morgan fingerprint density at radius 3 is 2.46 bits per heavy atom. The normalized spacial score (nSPS) is 11.5. The topological polar surface area (TPSA) is 80.3 Å². The Morgan fingerprint density at radius 2 is 1.79 bits per heavy atom. The number of nitrogens with one attached hydrogen (secondary N) is 2. The minimum absolute atomic E-state index is 0.0496. The van der Waals surface area contributed by atoms with E-state index in [2.05, 4.69) is 15.6 Å². The van der Waals surface area contributed by atoms with Gasteiger partial charge in [-0.15, -0.1) is 0 Å². The van der Waals surface area contributed by atoms with Gasteiger partial charge in [-0.05, 0) is 37.6 Å². The van der Waals surface area contributed by atoms with Gasteiger partial charge >= 0.3 is 0 Å². The average Bonchev–Trinajstić information content (AvgIpc) is 2.61. The minimum Gasteiger partial charge on any atom is -0.497 e. The highest BCUT2D eigenvalue weighted by atomic mass is 16.5. The summed E-state index contributed by atoms with van der Waals surface area (Å²) < 4.78 is 5.12. The number of benzene rings is 1. The fraction of sp³-hybridized carbons (Fsp3) is 0.278. The lowest BCUT2D eigenvalue weighted by atomic mass is 10.2. The fourth-order valence-corrected chi connectivity index (χ4v) is 1.98. The Morgan fingerprint density at radius 1 is 1.12 bits per heavy atom. The highest BCUT2D eigenvalue weighted by Gasteiger charge is 2.14. The van der Waals surface area contributed by atoms with E-state index in [1.165, 1.54) is 0 Å². The fourth-order valence-electron chi connectivity index (χ4n) is 1.98. The standard InChI is InChI=1S/C18H21N3O3/c1-4-12(2)19-17(22)15-9-6-10-16(21-15)18(23)20-13-7-5-8-14(11-13)24-3/h5-12H,4H2,1-3H3,(H,19,22)(H,20,23). The zero-order valence-corrected chi connectivity index (χ0v) is 14.0. The number of ether oxygens (including phenoxy) is 1. The second kappa shape index (κ2) is 8.10. The van der Waals surface area contributed by atoms with Gasteiger partial charge in [0.05, 0.1) is 7.11 Å². The van der Waals surface area contributed by atoms with Crippen molar-refractivity contribution in [2.45, 2.75) is 26.3 Å². The predicted molar refractivity (Wildman–Crippen MR) is 92.4 cm³/mol. The average molecular weight is 327 g/mol. The number of pyridine rings is 1. The number of rotatable bonds is 6. The summed E-state index contributed by atoms with van der Waals surface area (Å²) in [6.07, 6.45) is 0.821. The van der Waals surface area contributed by atoms with Crippen LogP contribution in [0.4, 0.5) is 5.69 Å². The predicted octanol–water partition coefficient (Wildman–Crippen LogP) is 2.87. The minimum atomic E-state index is -0.388. The molecule has 0 fully saturated rings. The molecule has 0 aliphatic carbocycles. The number of amides is 2. The molecule has 126 valence electrons. The summed E-state index contributed by atoms with van der Waals surface area (Å²) in [6.45, 7) is 3.90. The third kappa shape index (κ3) is 4.55. The van der Waals surface area contributed by atoms with Crippen LogP contribution in [0, 0.1) is 0 Å². The SMILES string of the molecule is CCC(C)NC(=O)c1cccc(C(=O)Nc2cccc(OC)c2)n1. The maximum Gasteiger partial charge on any atom is 0.274 e. The molecule has 0 saturated carbocycles. The number of anilines is 1. The van der Waals surface area contributed by atoms with Crippen LogP contribution in [-0.4, -0.2) is 29.9 Å². The van der Waals surface area contributed by atoms with E-state index in [1.54, 1.807) is 49.6 Å². The van der Waals surface area contributed by atoms with Crippen molar-refractivity contribution in [1.29, 1.82) is 0 Å².